The van der Waals surface area contributed by atoms with E-state index in [0.29, 0.717) is 24.2 Å². The Morgan fingerprint density at radius 3 is 2.44 bits per heavy atom. The Kier molecular flexibility index (Phi) is 6.18. The minimum atomic E-state index is -0.517. The number of fused-ring (bicyclic) bond motifs is 4. The molecule has 7 nitrogen and oxygen atoms in total. The third-order valence-corrected chi connectivity index (χ3v) is 7.93. The second-order valence-corrected chi connectivity index (χ2v) is 11.7. The predicted octanol–water partition coefficient (Wildman–Crippen LogP) is 6.22. The van der Waals surface area contributed by atoms with Crippen LogP contribution in [0.3, 0.4) is 0 Å². The van der Waals surface area contributed by atoms with Gasteiger partial charge in [0.25, 0.3) is 11.8 Å². The van der Waals surface area contributed by atoms with Crippen molar-refractivity contribution in [1.82, 2.24) is 10.3 Å². The van der Waals surface area contributed by atoms with E-state index >= 15 is 0 Å². The van der Waals surface area contributed by atoms with E-state index in [1.807, 2.05) is 99.3 Å². The van der Waals surface area contributed by atoms with Crippen molar-refractivity contribution >= 4 is 45.2 Å². The summed E-state index contributed by atoms with van der Waals surface area (Å²) in [4.78, 5) is 43.4. The molecule has 4 aromatic carbocycles. The van der Waals surface area contributed by atoms with Gasteiger partial charge >= 0.3 is 0 Å². The fourth-order valence-corrected chi connectivity index (χ4v) is 5.70. The summed E-state index contributed by atoms with van der Waals surface area (Å²) in [6, 6.07) is 23.4. The zero-order chi connectivity index (χ0) is 29.1. The number of carbonyl (C=O) groups excluding carboxylic acids is 3. The van der Waals surface area contributed by atoms with Crippen LogP contribution in [0.5, 0.6) is 0 Å². The smallest absolute Gasteiger partial charge is 0.258 e. The maximum atomic E-state index is 13.3. The maximum absolute atomic E-state index is 13.3. The van der Waals surface area contributed by atoms with Crippen molar-refractivity contribution in [2.45, 2.75) is 40.8 Å². The van der Waals surface area contributed by atoms with E-state index in [-0.39, 0.29) is 11.8 Å². The Balaban J connectivity index is 1.46. The summed E-state index contributed by atoms with van der Waals surface area (Å²) in [5.74, 6) is -0.549. The number of nitrogens with zero attached hydrogens (tertiary/aromatic N) is 1. The number of anilines is 1. The van der Waals surface area contributed by atoms with Crippen LogP contribution in [-0.2, 0) is 17.9 Å². The first-order valence-corrected chi connectivity index (χ1v) is 13.7. The predicted molar refractivity (Wildman–Crippen MR) is 163 cm³/mol. The van der Waals surface area contributed by atoms with E-state index < -0.39 is 11.3 Å². The number of aromatic amines is 1. The number of aromatic nitrogens is 1. The molecular weight excluding hydrogens is 512 g/mol. The van der Waals surface area contributed by atoms with Crippen LogP contribution in [0.2, 0.25) is 0 Å². The molecule has 0 atom stereocenters. The summed E-state index contributed by atoms with van der Waals surface area (Å²) in [7, 11) is 0. The molecule has 0 saturated carbocycles. The molecule has 0 bridgehead atoms. The molecule has 0 saturated heterocycles. The highest BCUT2D eigenvalue weighted by molar-refractivity contribution is 6.20. The molecule has 0 fully saturated rings. The average Bonchev–Trinajstić information content (AvgIpc) is 3.48. The maximum Gasteiger partial charge on any atom is 0.258 e. The topological polar surface area (TPSA) is 108 Å². The van der Waals surface area contributed by atoms with Gasteiger partial charge in [-0.25, -0.2) is 0 Å². The molecule has 0 spiro atoms. The van der Waals surface area contributed by atoms with E-state index in [2.05, 4.69) is 10.3 Å². The highest BCUT2D eigenvalue weighted by Gasteiger charge is 2.30. The normalized spacial score (nSPS) is 13.2. The van der Waals surface area contributed by atoms with Crippen molar-refractivity contribution in [3.8, 4) is 11.1 Å². The monoisotopic (exact) mass is 544 g/mol. The summed E-state index contributed by atoms with van der Waals surface area (Å²) in [5, 5.41) is 4.83. The van der Waals surface area contributed by atoms with Gasteiger partial charge in [-0.1, -0.05) is 69.3 Å². The summed E-state index contributed by atoms with van der Waals surface area (Å²) in [5.41, 5.74) is 13.6. The highest BCUT2D eigenvalue weighted by Crippen LogP contribution is 2.41. The first-order valence-electron chi connectivity index (χ1n) is 13.7. The van der Waals surface area contributed by atoms with Crippen LogP contribution in [0, 0.1) is 12.3 Å². The van der Waals surface area contributed by atoms with Gasteiger partial charge in [-0.2, -0.15) is 0 Å². The van der Waals surface area contributed by atoms with Gasteiger partial charge in [0.2, 0.25) is 5.91 Å². The van der Waals surface area contributed by atoms with Gasteiger partial charge in [0.15, 0.2) is 0 Å². The van der Waals surface area contributed by atoms with Crippen LogP contribution in [0.4, 0.5) is 5.69 Å². The van der Waals surface area contributed by atoms with Crippen LogP contribution in [0.25, 0.3) is 32.9 Å². The Bertz CT molecular complexity index is 1890. The van der Waals surface area contributed by atoms with Crippen LogP contribution in [0.15, 0.2) is 72.8 Å². The lowest BCUT2D eigenvalue weighted by molar-refractivity contribution is -0.128. The number of primary amides is 1. The van der Waals surface area contributed by atoms with E-state index in [1.54, 1.807) is 6.07 Å². The van der Waals surface area contributed by atoms with E-state index in [4.69, 9.17) is 5.73 Å². The largest absolute Gasteiger partial charge is 0.366 e. The first kappa shape index (κ1) is 26.3. The second-order valence-electron chi connectivity index (χ2n) is 11.7. The fraction of sp³-hybridized carbons (Fsp3) is 0.206. The van der Waals surface area contributed by atoms with Crippen molar-refractivity contribution in [2.24, 2.45) is 11.1 Å². The zero-order valence-electron chi connectivity index (χ0n) is 23.6. The van der Waals surface area contributed by atoms with E-state index in [0.717, 1.165) is 55.4 Å². The molecule has 0 radical (unpaired) electrons. The number of nitrogens with two attached hydrogens (primary N) is 1. The lowest BCUT2D eigenvalue weighted by atomic mass is 9.93. The van der Waals surface area contributed by atoms with Gasteiger partial charge < -0.3 is 20.9 Å². The Hall–Kier alpha value is -4.91. The van der Waals surface area contributed by atoms with Gasteiger partial charge in [-0.05, 0) is 59.0 Å². The number of hydrogen-bond acceptors (Lipinski definition) is 3. The standard InChI is InChI=1S/C34H32N4O3/c1-19-22(10-7-11-28(19)38-18-21-8-5-6-9-23(21)32(38)40)24-14-15-26(31(35)39)30-29(24)25-13-12-20(16-27(25)37-30)17-36-33(41)34(2,3)4/h5-16,37H,17-18H2,1-4H3,(H2,35,39)(H,36,41). The van der Waals surface area contributed by atoms with Crippen molar-refractivity contribution in [3.05, 3.63) is 101 Å². The number of H-pyrrole nitrogens is 1. The van der Waals surface area contributed by atoms with Crippen molar-refractivity contribution in [2.75, 3.05) is 4.90 Å². The summed E-state index contributed by atoms with van der Waals surface area (Å²) < 4.78 is 0. The average molecular weight is 545 g/mol. The minimum absolute atomic E-state index is 0.00625. The van der Waals surface area contributed by atoms with E-state index in [1.165, 1.54) is 0 Å². The Morgan fingerprint density at radius 1 is 0.951 bits per heavy atom. The Labute approximate surface area is 238 Å². The highest BCUT2D eigenvalue weighted by atomic mass is 16.2. The molecule has 3 amide bonds. The van der Waals surface area contributed by atoms with Crippen molar-refractivity contribution in [1.29, 1.82) is 0 Å². The number of rotatable bonds is 5. The van der Waals surface area contributed by atoms with Crippen LogP contribution < -0.4 is 16.0 Å². The number of amides is 3. The van der Waals surface area contributed by atoms with Gasteiger partial charge in [-0.3, -0.25) is 14.4 Å². The summed E-state index contributed by atoms with van der Waals surface area (Å²) >= 11 is 0. The second kappa shape index (κ2) is 9.63. The van der Waals surface area contributed by atoms with Crippen molar-refractivity contribution in [3.63, 3.8) is 0 Å². The molecule has 1 aliphatic heterocycles. The fourth-order valence-electron chi connectivity index (χ4n) is 5.70. The molecule has 4 N–H and O–H groups in total. The molecular formula is C34H32N4O3. The lowest BCUT2D eigenvalue weighted by Crippen LogP contribution is -2.34. The zero-order valence-corrected chi connectivity index (χ0v) is 23.6. The van der Waals surface area contributed by atoms with Gasteiger partial charge in [0, 0.05) is 39.5 Å². The molecule has 206 valence electrons. The van der Waals surface area contributed by atoms with Crippen molar-refractivity contribution < 1.29 is 14.4 Å². The first-order chi connectivity index (χ1) is 19.5. The molecule has 2 heterocycles. The number of benzene rings is 4. The molecule has 7 heteroatoms. The molecule has 6 rings (SSSR count). The Morgan fingerprint density at radius 2 is 1.71 bits per heavy atom. The summed E-state index contributed by atoms with van der Waals surface area (Å²) in [6.45, 7) is 8.59. The third kappa shape index (κ3) is 4.43. The number of nitrogens with one attached hydrogen (secondary N) is 2. The minimum Gasteiger partial charge on any atom is -0.366 e. The molecule has 1 aromatic heterocycles. The van der Waals surface area contributed by atoms with Crippen LogP contribution in [0.1, 0.15) is 58.2 Å². The number of carbonyl (C=O) groups is 3. The van der Waals surface area contributed by atoms with Gasteiger partial charge in [0.05, 0.1) is 17.6 Å². The molecule has 41 heavy (non-hydrogen) atoms. The van der Waals surface area contributed by atoms with Crippen LogP contribution >= 0.6 is 0 Å². The van der Waals surface area contributed by atoms with Gasteiger partial charge in [0.1, 0.15) is 0 Å². The van der Waals surface area contributed by atoms with Crippen LogP contribution in [-0.4, -0.2) is 22.7 Å². The number of hydrogen-bond donors (Lipinski definition) is 3. The summed E-state index contributed by atoms with van der Waals surface area (Å²) in [6.07, 6.45) is 0. The molecule has 1 aliphatic rings. The van der Waals surface area contributed by atoms with E-state index in [9.17, 15) is 14.4 Å². The third-order valence-electron chi connectivity index (χ3n) is 7.93. The SMILES string of the molecule is Cc1c(-c2ccc(C(N)=O)c3[nH]c4cc(CNC(=O)C(C)(C)C)ccc4c23)cccc1N1Cc2ccccc2C1=O. The molecule has 0 aliphatic carbocycles. The lowest BCUT2D eigenvalue weighted by Gasteiger charge is -2.21. The molecule has 0 unspecified atom stereocenters. The quantitative estimate of drug-likeness (QED) is 0.244. The van der Waals surface area contributed by atoms with Gasteiger partial charge in [-0.15, -0.1) is 0 Å². The molecule has 5 aromatic rings.